The van der Waals surface area contributed by atoms with Crippen LogP contribution in [0.1, 0.15) is 33.3 Å². The highest BCUT2D eigenvalue weighted by Crippen LogP contribution is 2.24. The smallest absolute Gasteiger partial charge is 0.328 e. The summed E-state index contributed by atoms with van der Waals surface area (Å²) in [6, 6.07) is 5.57. The summed E-state index contributed by atoms with van der Waals surface area (Å²) in [7, 11) is 0. The number of hydrogen-bond donors (Lipinski definition) is 1. The van der Waals surface area contributed by atoms with E-state index in [0.29, 0.717) is 0 Å². The number of anilines is 1. The molecule has 0 aliphatic carbocycles. The van der Waals surface area contributed by atoms with Gasteiger partial charge in [-0.3, -0.25) is 0 Å². The fraction of sp³-hybridized carbons (Fsp3) is 0.500. The van der Waals surface area contributed by atoms with Crippen LogP contribution in [-0.4, -0.2) is 17.6 Å². The first-order valence-electron chi connectivity index (χ1n) is 5.94. The van der Waals surface area contributed by atoms with Gasteiger partial charge in [-0.05, 0) is 68.2 Å². The van der Waals surface area contributed by atoms with Crippen LogP contribution in [-0.2, 0) is 9.53 Å². The Bertz CT molecular complexity index is 438. The molecule has 0 radical (unpaired) electrons. The van der Waals surface area contributed by atoms with Crippen LogP contribution in [0.15, 0.2) is 22.7 Å². The van der Waals surface area contributed by atoms with Gasteiger partial charge in [0.2, 0.25) is 0 Å². The summed E-state index contributed by atoms with van der Waals surface area (Å²) >= 11 is 3.45. The van der Waals surface area contributed by atoms with Crippen molar-refractivity contribution in [2.45, 2.75) is 46.3 Å². The Balaban J connectivity index is 2.72. The second-order valence-corrected chi connectivity index (χ2v) is 6.24. The Hall–Kier alpha value is -1.03. The van der Waals surface area contributed by atoms with Gasteiger partial charge in [0.25, 0.3) is 0 Å². The van der Waals surface area contributed by atoms with Crippen molar-refractivity contribution in [2.75, 3.05) is 5.32 Å². The first kappa shape index (κ1) is 15.0. The van der Waals surface area contributed by atoms with Crippen molar-refractivity contribution in [3.63, 3.8) is 0 Å². The third kappa shape index (κ3) is 4.69. The zero-order valence-electron chi connectivity index (χ0n) is 11.5. The molecule has 1 unspecified atom stereocenters. The van der Waals surface area contributed by atoms with Gasteiger partial charge in [0.15, 0.2) is 0 Å². The molecule has 0 saturated carbocycles. The van der Waals surface area contributed by atoms with Crippen LogP contribution in [0.3, 0.4) is 0 Å². The second kappa shape index (κ2) is 5.74. The van der Waals surface area contributed by atoms with Gasteiger partial charge in [0.1, 0.15) is 11.6 Å². The molecule has 1 N–H and O–H groups in total. The van der Waals surface area contributed by atoms with Gasteiger partial charge in [-0.25, -0.2) is 4.79 Å². The van der Waals surface area contributed by atoms with Gasteiger partial charge in [-0.15, -0.1) is 0 Å². The molecule has 4 heteroatoms. The lowest BCUT2D eigenvalue weighted by molar-refractivity contribution is -0.155. The first-order valence-corrected chi connectivity index (χ1v) is 6.74. The average Bonchev–Trinajstić information content (AvgIpc) is 2.21. The molecule has 18 heavy (non-hydrogen) atoms. The Morgan fingerprint density at radius 1 is 1.39 bits per heavy atom. The van der Waals surface area contributed by atoms with Gasteiger partial charge >= 0.3 is 5.97 Å². The van der Waals surface area contributed by atoms with E-state index in [0.717, 1.165) is 15.7 Å². The summed E-state index contributed by atoms with van der Waals surface area (Å²) < 4.78 is 6.26. The fourth-order valence-electron chi connectivity index (χ4n) is 1.43. The lowest BCUT2D eigenvalue weighted by Crippen LogP contribution is -2.34. The molecule has 1 rings (SSSR count). The van der Waals surface area contributed by atoms with Gasteiger partial charge in [-0.1, -0.05) is 6.07 Å². The second-order valence-electron chi connectivity index (χ2n) is 5.38. The molecular weight excluding hydrogens is 294 g/mol. The van der Waals surface area contributed by atoms with Gasteiger partial charge in [0, 0.05) is 10.2 Å². The van der Waals surface area contributed by atoms with Crippen molar-refractivity contribution in [1.82, 2.24) is 0 Å². The Labute approximate surface area is 117 Å². The zero-order chi connectivity index (χ0) is 13.9. The summed E-state index contributed by atoms with van der Waals surface area (Å²) in [5, 5.41) is 3.15. The highest BCUT2D eigenvalue weighted by atomic mass is 79.9. The van der Waals surface area contributed by atoms with Crippen molar-refractivity contribution >= 4 is 27.6 Å². The molecule has 1 atom stereocenters. The van der Waals surface area contributed by atoms with Crippen LogP contribution in [0.2, 0.25) is 0 Å². The predicted molar refractivity (Wildman–Crippen MR) is 77.8 cm³/mol. The molecule has 0 spiro atoms. The molecule has 0 saturated heterocycles. The van der Waals surface area contributed by atoms with Crippen molar-refractivity contribution in [1.29, 1.82) is 0 Å². The van der Waals surface area contributed by atoms with Gasteiger partial charge in [0.05, 0.1) is 0 Å². The SMILES string of the molecule is Cc1ccc(Br)c(NC(C)C(=O)OC(C)(C)C)c1. The fourth-order valence-corrected chi connectivity index (χ4v) is 1.79. The highest BCUT2D eigenvalue weighted by molar-refractivity contribution is 9.10. The third-order valence-corrected chi connectivity index (χ3v) is 2.95. The summed E-state index contributed by atoms with van der Waals surface area (Å²) in [4.78, 5) is 11.9. The molecular formula is C14H20BrNO2. The lowest BCUT2D eigenvalue weighted by Gasteiger charge is -2.23. The van der Waals surface area contributed by atoms with E-state index >= 15 is 0 Å². The molecule has 100 valence electrons. The molecule has 0 bridgehead atoms. The first-order chi connectivity index (χ1) is 8.19. The molecule has 0 aliphatic heterocycles. The summed E-state index contributed by atoms with van der Waals surface area (Å²) in [6.07, 6.45) is 0. The van der Waals surface area contributed by atoms with Crippen LogP contribution < -0.4 is 5.32 Å². The van der Waals surface area contributed by atoms with Crippen LogP contribution in [0.25, 0.3) is 0 Å². The number of benzene rings is 1. The number of ether oxygens (including phenoxy) is 1. The Morgan fingerprint density at radius 2 is 2.00 bits per heavy atom. The lowest BCUT2D eigenvalue weighted by atomic mass is 10.2. The monoisotopic (exact) mass is 313 g/mol. The normalized spacial score (nSPS) is 13.0. The van der Waals surface area contributed by atoms with Crippen molar-refractivity contribution < 1.29 is 9.53 Å². The minimum Gasteiger partial charge on any atom is -0.458 e. The maximum atomic E-state index is 11.9. The maximum Gasteiger partial charge on any atom is 0.328 e. The van der Waals surface area contributed by atoms with E-state index in [-0.39, 0.29) is 12.0 Å². The van der Waals surface area contributed by atoms with E-state index in [1.54, 1.807) is 6.92 Å². The summed E-state index contributed by atoms with van der Waals surface area (Å²) in [5.74, 6) is -0.254. The number of halogens is 1. The number of hydrogen-bond acceptors (Lipinski definition) is 3. The van der Waals surface area contributed by atoms with Crippen molar-refractivity contribution in [3.8, 4) is 0 Å². The number of carbonyl (C=O) groups is 1. The number of esters is 1. The molecule has 3 nitrogen and oxygen atoms in total. The van der Waals surface area contributed by atoms with E-state index in [1.807, 2.05) is 45.9 Å². The van der Waals surface area contributed by atoms with E-state index < -0.39 is 5.60 Å². The molecule has 0 amide bonds. The predicted octanol–water partition coefficient (Wildman–Crippen LogP) is 3.90. The molecule has 1 aromatic rings. The third-order valence-electron chi connectivity index (χ3n) is 2.25. The van der Waals surface area contributed by atoms with E-state index in [1.165, 1.54) is 0 Å². The molecule has 0 fully saturated rings. The average molecular weight is 314 g/mol. The summed E-state index contributed by atoms with van der Waals surface area (Å²) in [5.41, 5.74) is 1.57. The number of nitrogens with one attached hydrogen (secondary N) is 1. The van der Waals surface area contributed by atoms with Gasteiger partial charge in [-0.2, -0.15) is 0 Å². The van der Waals surface area contributed by atoms with Gasteiger partial charge < -0.3 is 10.1 Å². The van der Waals surface area contributed by atoms with Crippen LogP contribution >= 0.6 is 15.9 Å². The molecule has 1 aromatic carbocycles. The molecule has 0 aliphatic rings. The standard InChI is InChI=1S/C14H20BrNO2/c1-9-6-7-11(15)12(8-9)16-10(2)13(17)18-14(3,4)5/h6-8,10,16H,1-5H3. The van der Waals surface area contributed by atoms with Crippen molar-refractivity contribution in [2.24, 2.45) is 0 Å². The number of rotatable bonds is 3. The minimum atomic E-state index is -0.461. The quantitative estimate of drug-likeness (QED) is 0.860. The van der Waals surface area contributed by atoms with E-state index in [9.17, 15) is 4.79 Å². The van der Waals surface area contributed by atoms with Crippen LogP contribution in [0, 0.1) is 6.92 Å². The van der Waals surface area contributed by atoms with Crippen LogP contribution in [0.4, 0.5) is 5.69 Å². The maximum absolute atomic E-state index is 11.9. The Morgan fingerprint density at radius 3 is 2.56 bits per heavy atom. The minimum absolute atomic E-state index is 0.254. The van der Waals surface area contributed by atoms with E-state index in [2.05, 4.69) is 21.2 Å². The topological polar surface area (TPSA) is 38.3 Å². The van der Waals surface area contributed by atoms with Crippen molar-refractivity contribution in [3.05, 3.63) is 28.2 Å². The number of carbonyl (C=O) groups excluding carboxylic acids is 1. The number of aryl methyl sites for hydroxylation is 1. The largest absolute Gasteiger partial charge is 0.458 e. The Kier molecular flexibility index (Phi) is 4.79. The van der Waals surface area contributed by atoms with E-state index in [4.69, 9.17) is 4.74 Å². The summed E-state index contributed by atoms with van der Waals surface area (Å²) in [6.45, 7) is 9.39. The molecule has 0 heterocycles. The molecule has 0 aromatic heterocycles. The zero-order valence-corrected chi connectivity index (χ0v) is 13.1. The highest BCUT2D eigenvalue weighted by Gasteiger charge is 2.21. The van der Waals surface area contributed by atoms with Crippen LogP contribution in [0.5, 0.6) is 0 Å².